The van der Waals surface area contributed by atoms with E-state index in [1.807, 2.05) is 6.07 Å². The Bertz CT molecular complexity index is 494. The first-order valence-corrected chi connectivity index (χ1v) is 6.90. The summed E-state index contributed by atoms with van der Waals surface area (Å²) >= 11 is 0. The normalized spacial score (nSPS) is 16.6. The Morgan fingerprint density at radius 1 is 1.06 bits per heavy atom. The number of hydrogen-bond acceptors (Lipinski definition) is 1. The fourth-order valence-electron chi connectivity index (χ4n) is 2.76. The minimum atomic E-state index is 0.156. The van der Waals surface area contributed by atoms with Crippen molar-refractivity contribution in [3.05, 3.63) is 40.5 Å². The van der Waals surface area contributed by atoms with Crippen LogP contribution in [0.4, 0.5) is 0 Å². The van der Waals surface area contributed by atoms with Gasteiger partial charge in [-0.05, 0) is 69.2 Å². The van der Waals surface area contributed by atoms with Gasteiger partial charge in [-0.2, -0.15) is 0 Å². The highest BCUT2D eigenvalue weighted by molar-refractivity contribution is 5.95. The minimum Gasteiger partial charge on any atom is -0.295 e. The molecule has 1 aromatic carbocycles. The van der Waals surface area contributed by atoms with E-state index in [1.165, 1.54) is 48.0 Å². The zero-order chi connectivity index (χ0) is 13.1. The van der Waals surface area contributed by atoms with Gasteiger partial charge in [0.15, 0.2) is 5.78 Å². The van der Waals surface area contributed by atoms with Crippen LogP contribution in [-0.2, 0) is 0 Å². The van der Waals surface area contributed by atoms with Gasteiger partial charge in [0.25, 0.3) is 0 Å². The Kier molecular flexibility index (Phi) is 4.00. The first-order valence-electron chi connectivity index (χ1n) is 6.90. The largest absolute Gasteiger partial charge is 0.295 e. The fourth-order valence-corrected chi connectivity index (χ4v) is 2.76. The maximum Gasteiger partial charge on any atom is 0.159 e. The molecular weight excluding hydrogens is 220 g/mol. The van der Waals surface area contributed by atoms with Crippen molar-refractivity contribution in [3.63, 3.8) is 0 Å². The van der Waals surface area contributed by atoms with E-state index in [-0.39, 0.29) is 5.78 Å². The summed E-state index contributed by atoms with van der Waals surface area (Å²) in [5.74, 6) is 0.156. The van der Waals surface area contributed by atoms with Crippen LogP contribution in [0.3, 0.4) is 0 Å². The smallest absolute Gasteiger partial charge is 0.159 e. The Labute approximate surface area is 110 Å². The van der Waals surface area contributed by atoms with E-state index in [0.717, 1.165) is 12.0 Å². The standard InChI is InChI=1S/C17H22O/c1-12-7-5-4-6-8-16(12)17-11-15(14(3)18)10-9-13(17)2/h9-11H,4-8H2,1-3H3. The van der Waals surface area contributed by atoms with Gasteiger partial charge in [0.05, 0.1) is 0 Å². The van der Waals surface area contributed by atoms with E-state index in [1.54, 1.807) is 6.92 Å². The molecule has 2 rings (SSSR count). The lowest BCUT2D eigenvalue weighted by atomic mass is 9.91. The molecule has 1 aliphatic rings. The second-order valence-corrected chi connectivity index (χ2v) is 5.41. The summed E-state index contributed by atoms with van der Waals surface area (Å²) in [4.78, 5) is 11.5. The molecule has 96 valence electrons. The van der Waals surface area contributed by atoms with Gasteiger partial charge in [-0.25, -0.2) is 0 Å². The van der Waals surface area contributed by atoms with Gasteiger partial charge in [0.1, 0.15) is 0 Å². The van der Waals surface area contributed by atoms with Gasteiger partial charge in [0, 0.05) is 5.56 Å². The van der Waals surface area contributed by atoms with E-state index in [0.29, 0.717) is 0 Å². The van der Waals surface area contributed by atoms with Crippen molar-refractivity contribution in [3.8, 4) is 0 Å². The molecule has 0 unspecified atom stereocenters. The molecule has 1 aromatic rings. The Morgan fingerprint density at radius 3 is 2.50 bits per heavy atom. The van der Waals surface area contributed by atoms with Gasteiger partial charge in [-0.15, -0.1) is 0 Å². The highest BCUT2D eigenvalue weighted by Crippen LogP contribution is 2.33. The quantitative estimate of drug-likeness (QED) is 0.672. The molecule has 0 heterocycles. The third kappa shape index (κ3) is 2.72. The SMILES string of the molecule is CC(=O)c1ccc(C)c(C2=C(C)CCCCC2)c1. The molecule has 0 spiro atoms. The third-order valence-corrected chi connectivity index (χ3v) is 3.96. The van der Waals surface area contributed by atoms with Gasteiger partial charge in [-0.3, -0.25) is 4.79 Å². The Hall–Kier alpha value is -1.37. The molecule has 0 atom stereocenters. The first-order chi connectivity index (χ1) is 8.59. The minimum absolute atomic E-state index is 0.156. The second-order valence-electron chi connectivity index (χ2n) is 5.41. The van der Waals surface area contributed by atoms with Crippen LogP contribution in [-0.4, -0.2) is 5.78 Å². The Balaban J connectivity index is 2.48. The van der Waals surface area contributed by atoms with Crippen LogP contribution in [0.2, 0.25) is 0 Å². The van der Waals surface area contributed by atoms with E-state index in [4.69, 9.17) is 0 Å². The molecule has 0 saturated heterocycles. The summed E-state index contributed by atoms with van der Waals surface area (Å²) in [5, 5.41) is 0. The lowest BCUT2D eigenvalue weighted by Crippen LogP contribution is -1.97. The molecule has 1 nitrogen and oxygen atoms in total. The average molecular weight is 242 g/mol. The summed E-state index contributed by atoms with van der Waals surface area (Å²) in [6, 6.07) is 6.10. The maximum atomic E-state index is 11.5. The predicted molar refractivity (Wildman–Crippen MR) is 76.9 cm³/mol. The summed E-state index contributed by atoms with van der Waals surface area (Å²) < 4.78 is 0. The van der Waals surface area contributed by atoms with E-state index >= 15 is 0 Å². The lowest BCUT2D eigenvalue weighted by molar-refractivity contribution is 0.101. The van der Waals surface area contributed by atoms with Crippen molar-refractivity contribution >= 4 is 11.4 Å². The summed E-state index contributed by atoms with van der Waals surface area (Å²) in [7, 11) is 0. The molecule has 0 N–H and O–H groups in total. The van der Waals surface area contributed by atoms with Crippen molar-refractivity contribution < 1.29 is 4.79 Å². The molecule has 1 heteroatoms. The molecule has 0 amide bonds. The van der Waals surface area contributed by atoms with Crippen LogP contribution < -0.4 is 0 Å². The number of aryl methyl sites for hydroxylation is 1. The topological polar surface area (TPSA) is 17.1 Å². The zero-order valence-corrected chi connectivity index (χ0v) is 11.7. The summed E-state index contributed by atoms with van der Waals surface area (Å²) in [6.45, 7) is 6.04. The van der Waals surface area contributed by atoms with Crippen LogP contribution in [0.15, 0.2) is 23.8 Å². The van der Waals surface area contributed by atoms with Gasteiger partial charge in [-0.1, -0.05) is 24.1 Å². The zero-order valence-electron chi connectivity index (χ0n) is 11.7. The van der Waals surface area contributed by atoms with Crippen molar-refractivity contribution in [1.29, 1.82) is 0 Å². The third-order valence-electron chi connectivity index (χ3n) is 3.96. The number of benzene rings is 1. The van der Waals surface area contributed by atoms with Crippen LogP contribution in [0.25, 0.3) is 5.57 Å². The van der Waals surface area contributed by atoms with E-state index in [2.05, 4.69) is 26.0 Å². The van der Waals surface area contributed by atoms with Crippen LogP contribution >= 0.6 is 0 Å². The molecular formula is C17H22O. The number of allylic oxidation sites excluding steroid dienone is 2. The van der Waals surface area contributed by atoms with Crippen LogP contribution in [0.1, 0.15) is 67.4 Å². The number of rotatable bonds is 2. The number of carbonyl (C=O) groups excluding carboxylic acids is 1. The van der Waals surface area contributed by atoms with Crippen LogP contribution in [0.5, 0.6) is 0 Å². The molecule has 1 aliphatic carbocycles. The highest BCUT2D eigenvalue weighted by atomic mass is 16.1. The number of ketones is 1. The second kappa shape index (κ2) is 5.51. The molecule has 0 aliphatic heterocycles. The van der Waals surface area contributed by atoms with Crippen molar-refractivity contribution in [2.45, 2.75) is 52.9 Å². The number of hydrogen-bond donors (Lipinski definition) is 0. The lowest BCUT2D eigenvalue weighted by Gasteiger charge is -2.14. The Morgan fingerprint density at radius 2 is 1.78 bits per heavy atom. The molecule has 0 bridgehead atoms. The monoisotopic (exact) mass is 242 g/mol. The molecule has 0 fully saturated rings. The average Bonchev–Trinajstić information content (AvgIpc) is 2.54. The van der Waals surface area contributed by atoms with Gasteiger partial charge >= 0.3 is 0 Å². The summed E-state index contributed by atoms with van der Waals surface area (Å²) in [6.07, 6.45) is 6.27. The van der Waals surface area contributed by atoms with Gasteiger partial charge in [0.2, 0.25) is 0 Å². The molecule has 0 aromatic heterocycles. The number of carbonyl (C=O) groups is 1. The maximum absolute atomic E-state index is 11.5. The first kappa shape index (κ1) is 13.1. The van der Waals surface area contributed by atoms with Crippen LogP contribution in [0, 0.1) is 6.92 Å². The molecule has 0 radical (unpaired) electrons. The van der Waals surface area contributed by atoms with Crippen molar-refractivity contribution in [1.82, 2.24) is 0 Å². The highest BCUT2D eigenvalue weighted by Gasteiger charge is 2.13. The molecule has 18 heavy (non-hydrogen) atoms. The predicted octanol–water partition coefficient (Wildman–Crippen LogP) is 4.94. The van der Waals surface area contributed by atoms with E-state index < -0.39 is 0 Å². The molecule has 0 saturated carbocycles. The summed E-state index contributed by atoms with van der Waals surface area (Å²) in [5.41, 5.74) is 6.41. The van der Waals surface area contributed by atoms with Crippen molar-refractivity contribution in [2.24, 2.45) is 0 Å². The number of Topliss-reactive ketones (excluding diaryl/α,β-unsaturated/α-hetero) is 1. The van der Waals surface area contributed by atoms with Gasteiger partial charge < -0.3 is 0 Å². The van der Waals surface area contributed by atoms with E-state index in [9.17, 15) is 4.79 Å². The van der Waals surface area contributed by atoms with Crippen molar-refractivity contribution in [2.75, 3.05) is 0 Å². The fraction of sp³-hybridized carbons (Fsp3) is 0.471.